The molecule has 36 heavy (non-hydrogen) atoms. The summed E-state index contributed by atoms with van der Waals surface area (Å²) < 4.78 is 14.2. The van der Waals surface area contributed by atoms with Crippen LogP contribution in [0, 0.1) is 0 Å². The molecule has 0 radical (unpaired) electrons. The van der Waals surface area contributed by atoms with Crippen LogP contribution in [-0.4, -0.2) is 4.98 Å². The molecule has 0 fully saturated rings. The van der Waals surface area contributed by atoms with Crippen molar-refractivity contribution in [1.82, 2.24) is 4.98 Å². The Balaban J connectivity index is 1.67. The average Bonchev–Trinajstić information content (AvgIpc) is 3.32. The molecule has 1 aromatic heterocycles. The van der Waals surface area contributed by atoms with Gasteiger partial charge in [-0.3, -0.25) is 4.57 Å². The van der Waals surface area contributed by atoms with Crippen molar-refractivity contribution in [3.8, 4) is 11.3 Å². The standard InChI is InChI=1S/C29H27Cl2N2OPS/c1-29(2,3)24-16-14-23(15-17-24)27-20-36-28(32-27)33-35(34,18-25(30)21-10-6-4-7-11-21)19-26(31)22-12-8-5-9-13-22/h4-20H,1-3H3,(H,32,33,34)/b25-18-,26-19?. The van der Waals surface area contributed by atoms with Gasteiger partial charge < -0.3 is 5.09 Å². The number of benzene rings is 3. The van der Waals surface area contributed by atoms with Gasteiger partial charge in [0.25, 0.3) is 0 Å². The molecule has 1 unspecified atom stereocenters. The third kappa shape index (κ3) is 6.78. The molecule has 0 amide bonds. The second kappa shape index (κ2) is 11.2. The zero-order valence-electron chi connectivity index (χ0n) is 20.3. The molecule has 184 valence electrons. The summed E-state index contributed by atoms with van der Waals surface area (Å²) in [5, 5.41) is 6.34. The summed E-state index contributed by atoms with van der Waals surface area (Å²) in [6, 6.07) is 27.2. The van der Waals surface area contributed by atoms with Crippen LogP contribution in [0.3, 0.4) is 0 Å². The van der Waals surface area contributed by atoms with Crippen molar-refractivity contribution < 1.29 is 4.57 Å². The molecule has 1 heterocycles. The van der Waals surface area contributed by atoms with Crippen molar-refractivity contribution in [1.29, 1.82) is 0 Å². The Bertz CT molecular complexity index is 1360. The maximum Gasteiger partial charge on any atom is 0.217 e. The number of nitrogens with one attached hydrogen (secondary N) is 1. The van der Waals surface area contributed by atoms with Crippen molar-refractivity contribution in [3.63, 3.8) is 0 Å². The van der Waals surface area contributed by atoms with E-state index in [0.29, 0.717) is 15.2 Å². The molecular formula is C29H27Cl2N2OPS. The fourth-order valence-electron chi connectivity index (χ4n) is 3.53. The van der Waals surface area contributed by atoms with Gasteiger partial charge in [-0.25, -0.2) is 4.98 Å². The summed E-state index contributed by atoms with van der Waals surface area (Å²) in [7, 11) is -3.38. The predicted octanol–water partition coefficient (Wildman–Crippen LogP) is 10.3. The van der Waals surface area contributed by atoms with Gasteiger partial charge in [-0.1, -0.05) is 129 Å². The molecule has 4 aromatic rings. The van der Waals surface area contributed by atoms with E-state index in [4.69, 9.17) is 28.2 Å². The van der Waals surface area contributed by atoms with Crippen LogP contribution in [-0.2, 0) is 9.98 Å². The number of thiazole rings is 1. The molecule has 0 saturated carbocycles. The van der Waals surface area contributed by atoms with Crippen LogP contribution in [0.1, 0.15) is 37.5 Å². The number of hydrogen-bond acceptors (Lipinski definition) is 3. The molecule has 3 nitrogen and oxygen atoms in total. The van der Waals surface area contributed by atoms with Crippen LogP contribution in [0.15, 0.2) is 102 Å². The zero-order valence-corrected chi connectivity index (χ0v) is 23.5. The summed E-state index contributed by atoms with van der Waals surface area (Å²) in [4.78, 5) is 4.71. The van der Waals surface area contributed by atoms with E-state index in [1.54, 1.807) is 0 Å². The van der Waals surface area contributed by atoms with Crippen molar-refractivity contribution in [3.05, 3.63) is 119 Å². The number of halogens is 2. The molecule has 0 aliphatic rings. The van der Waals surface area contributed by atoms with Gasteiger partial charge in [0.05, 0.1) is 15.8 Å². The highest BCUT2D eigenvalue weighted by Crippen LogP contribution is 2.54. The Morgan fingerprint density at radius 1 is 0.833 bits per heavy atom. The minimum Gasteiger partial charge on any atom is -0.306 e. The summed E-state index contributed by atoms with van der Waals surface area (Å²) in [6.45, 7) is 6.56. The first-order valence-electron chi connectivity index (χ1n) is 11.4. The van der Waals surface area contributed by atoms with E-state index in [2.05, 4.69) is 50.1 Å². The third-order valence-corrected chi connectivity index (χ3v) is 9.24. The van der Waals surface area contributed by atoms with Crippen LogP contribution in [0.4, 0.5) is 5.13 Å². The highest BCUT2D eigenvalue weighted by atomic mass is 35.5. The maximum atomic E-state index is 14.2. The van der Waals surface area contributed by atoms with Crippen LogP contribution >= 0.6 is 41.8 Å². The molecule has 1 atom stereocenters. The number of rotatable bonds is 7. The van der Waals surface area contributed by atoms with Gasteiger partial charge in [-0.15, -0.1) is 11.3 Å². The van der Waals surface area contributed by atoms with Crippen molar-refractivity contribution in [2.75, 3.05) is 5.09 Å². The first kappa shape index (κ1) is 26.4. The minimum atomic E-state index is -3.38. The lowest BCUT2D eigenvalue weighted by atomic mass is 9.86. The second-order valence-corrected chi connectivity index (χ2v) is 13.2. The van der Waals surface area contributed by atoms with Crippen LogP contribution in [0.5, 0.6) is 0 Å². The van der Waals surface area contributed by atoms with E-state index in [0.717, 1.165) is 22.4 Å². The molecule has 4 rings (SSSR count). The van der Waals surface area contributed by atoms with E-state index in [9.17, 15) is 4.57 Å². The van der Waals surface area contributed by atoms with Gasteiger partial charge in [0, 0.05) is 22.6 Å². The van der Waals surface area contributed by atoms with Crippen LogP contribution < -0.4 is 5.09 Å². The molecular weight excluding hydrogens is 526 g/mol. The third-order valence-electron chi connectivity index (χ3n) is 5.53. The molecule has 0 aliphatic carbocycles. The lowest BCUT2D eigenvalue weighted by molar-refractivity contribution is 0.589. The fraction of sp³-hybridized carbons (Fsp3) is 0.138. The zero-order chi connectivity index (χ0) is 25.8. The number of anilines is 1. The molecule has 3 aromatic carbocycles. The van der Waals surface area contributed by atoms with Gasteiger partial charge in [0.15, 0.2) is 5.13 Å². The van der Waals surface area contributed by atoms with Gasteiger partial charge >= 0.3 is 0 Å². The Morgan fingerprint density at radius 2 is 1.33 bits per heavy atom. The first-order chi connectivity index (χ1) is 17.1. The van der Waals surface area contributed by atoms with E-state index in [1.165, 1.54) is 28.5 Å². The summed E-state index contributed by atoms with van der Waals surface area (Å²) in [5.41, 5.74) is 4.68. The molecule has 0 spiro atoms. The Kier molecular flexibility index (Phi) is 8.22. The highest BCUT2D eigenvalue weighted by molar-refractivity contribution is 7.72. The number of nitrogens with zero attached hydrogens (tertiary/aromatic N) is 1. The second-order valence-electron chi connectivity index (χ2n) is 9.37. The molecule has 0 aliphatic heterocycles. The number of aromatic nitrogens is 1. The van der Waals surface area contributed by atoms with Crippen LogP contribution in [0.25, 0.3) is 21.3 Å². The monoisotopic (exact) mass is 552 g/mol. The SMILES string of the molecule is CC(C)(C)c1ccc(-c2csc(NP(=O)(C=C(Cl)c3ccccc3)/C=C(\Cl)c3ccccc3)n2)cc1. The maximum absolute atomic E-state index is 14.2. The van der Waals surface area contributed by atoms with E-state index >= 15 is 0 Å². The molecule has 7 heteroatoms. The largest absolute Gasteiger partial charge is 0.306 e. The highest BCUT2D eigenvalue weighted by Gasteiger charge is 2.22. The normalized spacial score (nSPS) is 14.4. The van der Waals surface area contributed by atoms with E-state index < -0.39 is 7.29 Å². The lowest BCUT2D eigenvalue weighted by Crippen LogP contribution is -2.10. The topological polar surface area (TPSA) is 42.0 Å². The smallest absolute Gasteiger partial charge is 0.217 e. The summed E-state index contributed by atoms with van der Waals surface area (Å²) in [6.07, 6.45) is 0. The summed E-state index contributed by atoms with van der Waals surface area (Å²) in [5.74, 6) is 3.07. The predicted molar refractivity (Wildman–Crippen MR) is 158 cm³/mol. The van der Waals surface area contributed by atoms with Gasteiger partial charge in [-0.05, 0) is 22.1 Å². The quantitative estimate of drug-likeness (QED) is 0.232. The fourth-order valence-corrected chi connectivity index (χ4v) is 7.38. The number of hydrogen-bond donors (Lipinski definition) is 1. The van der Waals surface area contributed by atoms with E-state index in [-0.39, 0.29) is 5.41 Å². The molecule has 1 N–H and O–H groups in total. The molecule has 0 saturated heterocycles. The van der Waals surface area contributed by atoms with E-state index in [1.807, 2.05) is 66.0 Å². The van der Waals surface area contributed by atoms with Crippen molar-refractivity contribution >= 4 is 57.0 Å². The average molecular weight is 553 g/mol. The first-order valence-corrected chi connectivity index (χ1v) is 14.9. The van der Waals surface area contributed by atoms with Gasteiger partial charge in [0.2, 0.25) is 7.29 Å². The Morgan fingerprint density at radius 3 is 1.81 bits per heavy atom. The Hall–Kier alpha value is -2.62. The minimum absolute atomic E-state index is 0.0780. The van der Waals surface area contributed by atoms with Crippen molar-refractivity contribution in [2.24, 2.45) is 0 Å². The van der Waals surface area contributed by atoms with Crippen LogP contribution in [0.2, 0.25) is 0 Å². The van der Waals surface area contributed by atoms with Crippen molar-refractivity contribution in [2.45, 2.75) is 26.2 Å². The summed E-state index contributed by atoms with van der Waals surface area (Å²) >= 11 is 14.6. The van der Waals surface area contributed by atoms with Gasteiger partial charge in [0.1, 0.15) is 0 Å². The molecule has 0 bridgehead atoms. The Labute approximate surface area is 227 Å². The van der Waals surface area contributed by atoms with Gasteiger partial charge in [-0.2, -0.15) is 0 Å². The lowest BCUT2D eigenvalue weighted by Gasteiger charge is -2.18.